The van der Waals surface area contributed by atoms with Gasteiger partial charge in [-0.05, 0) is 18.4 Å². The summed E-state index contributed by atoms with van der Waals surface area (Å²) in [5.41, 5.74) is 1.36. The molecule has 1 fully saturated rings. The van der Waals surface area contributed by atoms with E-state index in [0.717, 1.165) is 18.4 Å². The van der Waals surface area contributed by atoms with Crippen LogP contribution in [0.15, 0.2) is 60.7 Å². The van der Waals surface area contributed by atoms with Gasteiger partial charge in [0.15, 0.2) is 11.6 Å². The molecule has 1 aliphatic carbocycles. The van der Waals surface area contributed by atoms with Crippen molar-refractivity contribution in [1.29, 1.82) is 0 Å². The Kier molecular flexibility index (Phi) is 5.61. The molecule has 0 amide bonds. The van der Waals surface area contributed by atoms with Gasteiger partial charge in [0.05, 0.1) is 0 Å². The fraction of sp³-hybridized carbons (Fsp3) is 0.333. The summed E-state index contributed by atoms with van der Waals surface area (Å²) >= 11 is 13.5. The normalized spacial score (nSPS) is 23.0. The smallest absolute Gasteiger partial charge is 0.181 e. The second-order valence-electron chi connectivity index (χ2n) is 6.51. The third kappa shape index (κ3) is 3.65. The average Bonchev–Trinajstić information content (AvgIpc) is 2.65. The van der Waals surface area contributed by atoms with Gasteiger partial charge in [-0.25, -0.2) is 0 Å². The molecule has 130 valence electrons. The number of hydrogen-bond acceptors (Lipinski definition) is 2. The number of hydrogen-bond donors (Lipinski definition) is 0. The van der Waals surface area contributed by atoms with Crippen LogP contribution < -0.4 is 0 Å². The lowest BCUT2D eigenvalue weighted by molar-refractivity contribution is -0.123. The highest BCUT2D eigenvalue weighted by atomic mass is 35.5. The molecular formula is C21H20Cl2O2. The van der Waals surface area contributed by atoms with E-state index < -0.39 is 16.2 Å². The second-order valence-corrected chi connectivity index (χ2v) is 7.66. The van der Waals surface area contributed by atoms with Crippen molar-refractivity contribution in [2.24, 2.45) is 0 Å². The molecule has 1 aliphatic rings. The highest BCUT2D eigenvalue weighted by molar-refractivity contribution is 6.40. The first kappa shape index (κ1) is 18.2. The standard InChI is InChI=1S/C21H20Cl2O2/c22-19(20(25)16-11-5-2-6-12-16)18(15-9-3-1-4-10-15)21(23)14-8-7-13-17(21)24/h1-6,9-12,18-19H,7-8,13-14H2/t18-,19-,21+/m0/s1. The van der Waals surface area contributed by atoms with E-state index in [1.807, 2.05) is 36.4 Å². The van der Waals surface area contributed by atoms with Crippen LogP contribution in [0.1, 0.15) is 47.5 Å². The number of alkyl halides is 2. The van der Waals surface area contributed by atoms with E-state index >= 15 is 0 Å². The Bertz CT molecular complexity index is 745. The molecule has 2 aromatic carbocycles. The molecule has 0 N–H and O–H groups in total. The minimum absolute atomic E-state index is 0.0132. The largest absolute Gasteiger partial charge is 0.298 e. The molecule has 0 heterocycles. The molecule has 2 nitrogen and oxygen atoms in total. The zero-order valence-electron chi connectivity index (χ0n) is 13.8. The van der Waals surface area contributed by atoms with E-state index in [4.69, 9.17) is 23.2 Å². The van der Waals surface area contributed by atoms with Crippen LogP contribution in [0.2, 0.25) is 0 Å². The number of rotatable bonds is 5. The van der Waals surface area contributed by atoms with Crippen molar-refractivity contribution in [3.8, 4) is 0 Å². The van der Waals surface area contributed by atoms with Crippen LogP contribution in [0.5, 0.6) is 0 Å². The quantitative estimate of drug-likeness (QED) is 0.519. The maximum atomic E-state index is 12.9. The van der Waals surface area contributed by atoms with Crippen LogP contribution in [0.4, 0.5) is 0 Å². The topological polar surface area (TPSA) is 34.1 Å². The summed E-state index contributed by atoms with van der Waals surface area (Å²) in [6.07, 6.45) is 2.68. The van der Waals surface area contributed by atoms with Gasteiger partial charge in [0.1, 0.15) is 10.3 Å². The van der Waals surface area contributed by atoms with E-state index in [1.165, 1.54) is 0 Å². The van der Waals surface area contributed by atoms with Gasteiger partial charge in [-0.3, -0.25) is 9.59 Å². The lowest BCUT2D eigenvalue weighted by Gasteiger charge is -2.39. The summed E-state index contributed by atoms with van der Waals surface area (Å²) in [6.45, 7) is 0. The molecule has 25 heavy (non-hydrogen) atoms. The lowest BCUT2D eigenvalue weighted by Crippen LogP contribution is -2.46. The van der Waals surface area contributed by atoms with E-state index in [0.29, 0.717) is 18.4 Å². The fourth-order valence-corrected chi connectivity index (χ4v) is 4.61. The maximum Gasteiger partial charge on any atom is 0.181 e. The highest BCUT2D eigenvalue weighted by Crippen LogP contribution is 2.46. The first-order valence-corrected chi connectivity index (χ1v) is 9.36. The predicted molar refractivity (Wildman–Crippen MR) is 102 cm³/mol. The van der Waals surface area contributed by atoms with Gasteiger partial charge in [0.2, 0.25) is 0 Å². The van der Waals surface area contributed by atoms with Crippen LogP contribution in [0.3, 0.4) is 0 Å². The van der Waals surface area contributed by atoms with Crippen molar-refractivity contribution < 1.29 is 9.59 Å². The summed E-state index contributed by atoms with van der Waals surface area (Å²) in [4.78, 5) is 24.5. The van der Waals surface area contributed by atoms with Crippen LogP contribution in [-0.2, 0) is 4.79 Å². The van der Waals surface area contributed by atoms with Crippen LogP contribution in [-0.4, -0.2) is 21.8 Å². The SMILES string of the molecule is O=C(c1ccccc1)[C@@H](Cl)[C@H](c1ccccc1)[C@@]1(Cl)CCCCC1=O. The van der Waals surface area contributed by atoms with Gasteiger partial charge < -0.3 is 0 Å². The Morgan fingerprint density at radius 2 is 1.56 bits per heavy atom. The summed E-state index contributed by atoms with van der Waals surface area (Å²) < 4.78 is 0. The molecule has 0 radical (unpaired) electrons. The summed E-state index contributed by atoms with van der Waals surface area (Å²) in [6, 6.07) is 18.4. The van der Waals surface area contributed by atoms with Gasteiger partial charge in [-0.2, -0.15) is 0 Å². The molecule has 3 atom stereocenters. The third-order valence-electron chi connectivity index (χ3n) is 4.91. The van der Waals surface area contributed by atoms with E-state index in [1.54, 1.807) is 24.3 Å². The van der Waals surface area contributed by atoms with Crippen molar-refractivity contribution in [3.63, 3.8) is 0 Å². The van der Waals surface area contributed by atoms with Crippen LogP contribution in [0, 0.1) is 0 Å². The van der Waals surface area contributed by atoms with Crippen LogP contribution in [0.25, 0.3) is 0 Å². The van der Waals surface area contributed by atoms with Gasteiger partial charge in [0, 0.05) is 17.9 Å². The Morgan fingerprint density at radius 3 is 2.16 bits per heavy atom. The van der Waals surface area contributed by atoms with Gasteiger partial charge in [-0.1, -0.05) is 67.1 Å². The van der Waals surface area contributed by atoms with Crippen molar-refractivity contribution in [1.82, 2.24) is 0 Å². The van der Waals surface area contributed by atoms with Crippen molar-refractivity contribution in [2.45, 2.75) is 41.9 Å². The Morgan fingerprint density at radius 1 is 0.960 bits per heavy atom. The van der Waals surface area contributed by atoms with Gasteiger partial charge >= 0.3 is 0 Å². The molecule has 4 heteroatoms. The molecule has 0 aromatic heterocycles. The molecular weight excluding hydrogens is 355 g/mol. The predicted octanol–water partition coefficient (Wildman–Crippen LogP) is 5.38. The van der Waals surface area contributed by atoms with E-state index in [9.17, 15) is 9.59 Å². The third-order valence-corrected chi connectivity index (χ3v) is 6.00. The minimum atomic E-state index is -1.13. The molecule has 2 aromatic rings. The Balaban J connectivity index is 2.02. The van der Waals surface area contributed by atoms with Crippen molar-refractivity contribution in [2.75, 3.05) is 0 Å². The molecule has 0 spiro atoms. The molecule has 0 aliphatic heterocycles. The summed E-state index contributed by atoms with van der Waals surface area (Å²) in [5, 5.41) is -0.899. The number of ketones is 2. The molecule has 0 unspecified atom stereocenters. The van der Waals surface area contributed by atoms with Gasteiger partial charge in [-0.15, -0.1) is 23.2 Å². The highest BCUT2D eigenvalue weighted by Gasteiger charge is 2.50. The minimum Gasteiger partial charge on any atom is -0.298 e. The zero-order valence-corrected chi connectivity index (χ0v) is 15.3. The lowest BCUT2D eigenvalue weighted by atomic mass is 9.72. The second kappa shape index (κ2) is 7.72. The Labute approximate surface area is 158 Å². The van der Waals surface area contributed by atoms with Gasteiger partial charge in [0.25, 0.3) is 0 Å². The Hall–Kier alpha value is -1.64. The summed E-state index contributed by atoms with van der Waals surface area (Å²) in [7, 11) is 0. The number of carbonyl (C=O) groups excluding carboxylic acids is 2. The van der Waals surface area contributed by atoms with E-state index in [-0.39, 0.29) is 11.6 Å². The maximum absolute atomic E-state index is 12.9. The molecule has 0 bridgehead atoms. The van der Waals surface area contributed by atoms with Crippen molar-refractivity contribution in [3.05, 3.63) is 71.8 Å². The number of halogens is 2. The molecule has 3 rings (SSSR count). The number of benzene rings is 2. The first-order chi connectivity index (χ1) is 12.0. The zero-order chi connectivity index (χ0) is 17.9. The molecule has 0 saturated heterocycles. The summed E-state index contributed by atoms with van der Waals surface area (Å²) in [5.74, 6) is -0.771. The fourth-order valence-electron chi connectivity index (χ4n) is 3.58. The van der Waals surface area contributed by atoms with E-state index in [2.05, 4.69) is 0 Å². The average molecular weight is 375 g/mol. The van der Waals surface area contributed by atoms with Crippen LogP contribution >= 0.6 is 23.2 Å². The monoisotopic (exact) mass is 374 g/mol. The number of Topliss-reactive ketones (excluding diaryl/α,β-unsaturated/α-hetero) is 2. The molecule has 1 saturated carbocycles. The number of carbonyl (C=O) groups is 2. The van der Waals surface area contributed by atoms with Crippen molar-refractivity contribution >= 4 is 34.8 Å². The first-order valence-electron chi connectivity index (χ1n) is 8.54.